The zero-order valence-electron chi connectivity index (χ0n) is 17.9. The third-order valence-electron chi connectivity index (χ3n) is 3.93. The first-order valence-corrected chi connectivity index (χ1v) is 11.2. The predicted molar refractivity (Wildman–Crippen MR) is 127 cm³/mol. The van der Waals surface area contributed by atoms with E-state index in [2.05, 4.69) is 20.6 Å². The number of ether oxygens (including phenoxy) is 1. The zero-order chi connectivity index (χ0) is 23.1. The number of amides is 2. The number of pyridine rings is 2. The number of benzene rings is 1. The number of thioether (sulfide) groups is 1. The topological polar surface area (TPSA) is 93.2 Å². The van der Waals surface area contributed by atoms with E-state index in [4.69, 9.17) is 16.3 Å². The number of hydrogen-bond donors (Lipinski definition) is 2. The summed E-state index contributed by atoms with van der Waals surface area (Å²) < 4.78 is 5.25. The summed E-state index contributed by atoms with van der Waals surface area (Å²) in [5.74, 6) is 0.641. The van der Waals surface area contributed by atoms with Crippen LogP contribution in [0.2, 0.25) is 5.02 Å². The first kappa shape index (κ1) is 23.6. The molecule has 0 atom stereocenters. The average molecular weight is 471 g/mol. The van der Waals surface area contributed by atoms with Crippen LogP contribution in [-0.2, 0) is 10.5 Å². The van der Waals surface area contributed by atoms with Crippen LogP contribution in [0.5, 0.6) is 0 Å². The molecular formula is C23H23ClN4O3S. The van der Waals surface area contributed by atoms with Gasteiger partial charge in [0.25, 0.3) is 5.91 Å². The van der Waals surface area contributed by atoms with E-state index in [0.29, 0.717) is 32.9 Å². The van der Waals surface area contributed by atoms with Crippen LogP contribution in [0.1, 0.15) is 36.7 Å². The fourth-order valence-corrected chi connectivity index (χ4v) is 3.76. The zero-order valence-corrected chi connectivity index (χ0v) is 19.5. The molecule has 0 aliphatic carbocycles. The van der Waals surface area contributed by atoms with Gasteiger partial charge >= 0.3 is 6.09 Å². The molecule has 0 unspecified atom stereocenters. The van der Waals surface area contributed by atoms with Crippen LogP contribution in [0.4, 0.5) is 16.3 Å². The number of nitrogens with zero attached hydrogens (tertiary/aromatic N) is 2. The fraction of sp³-hybridized carbons (Fsp3) is 0.217. The summed E-state index contributed by atoms with van der Waals surface area (Å²) in [6, 6.07) is 14.0. The molecule has 0 spiro atoms. The Bertz CT molecular complexity index is 1120. The van der Waals surface area contributed by atoms with E-state index in [-0.39, 0.29) is 5.91 Å². The second kappa shape index (κ2) is 10.5. The third-order valence-corrected chi connectivity index (χ3v) is 5.24. The molecule has 3 rings (SSSR count). The number of anilines is 2. The van der Waals surface area contributed by atoms with E-state index in [1.807, 2.05) is 6.07 Å². The molecule has 9 heteroatoms. The van der Waals surface area contributed by atoms with Gasteiger partial charge in [-0.05, 0) is 68.8 Å². The summed E-state index contributed by atoms with van der Waals surface area (Å²) in [4.78, 5) is 33.2. The van der Waals surface area contributed by atoms with Gasteiger partial charge in [-0.3, -0.25) is 10.1 Å². The van der Waals surface area contributed by atoms with Gasteiger partial charge in [-0.1, -0.05) is 17.7 Å². The summed E-state index contributed by atoms with van der Waals surface area (Å²) in [6.07, 6.45) is 2.67. The molecule has 0 saturated heterocycles. The van der Waals surface area contributed by atoms with E-state index in [1.54, 1.807) is 75.6 Å². The normalized spacial score (nSPS) is 11.0. The second-order valence-electron chi connectivity index (χ2n) is 7.79. The van der Waals surface area contributed by atoms with E-state index in [1.165, 1.54) is 11.8 Å². The Kier molecular flexibility index (Phi) is 7.71. The highest BCUT2D eigenvalue weighted by atomic mass is 35.5. The van der Waals surface area contributed by atoms with E-state index in [0.717, 1.165) is 5.56 Å². The Morgan fingerprint density at radius 2 is 1.84 bits per heavy atom. The van der Waals surface area contributed by atoms with Crippen LogP contribution < -0.4 is 10.6 Å². The summed E-state index contributed by atoms with van der Waals surface area (Å²) >= 11 is 7.40. The Hall–Kier alpha value is -3.10. The van der Waals surface area contributed by atoms with Crippen LogP contribution in [-0.4, -0.2) is 27.6 Å². The summed E-state index contributed by atoms with van der Waals surface area (Å²) in [5, 5.41) is 6.59. The van der Waals surface area contributed by atoms with Crippen LogP contribution in [0, 0.1) is 0 Å². The van der Waals surface area contributed by atoms with Gasteiger partial charge < -0.3 is 10.1 Å². The van der Waals surface area contributed by atoms with Crippen LogP contribution >= 0.6 is 23.4 Å². The van der Waals surface area contributed by atoms with Crippen molar-refractivity contribution >= 4 is 46.9 Å². The largest absolute Gasteiger partial charge is 0.444 e. The van der Waals surface area contributed by atoms with Gasteiger partial charge in [0, 0.05) is 28.9 Å². The van der Waals surface area contributed by atoms with Gasteiger partial charge in [0.2, 0.25) is 0 Å². The van der Waals surface area contributed by atoms with Crippen molar-refractivity contribution < 1.29 is 14.3 Å². The van der Waals surface area contributed by atoms with Gasteiger partial charge in [-0.25, -0.2) is 14.8 Å². The lowest BCUT2D eigenvalue weighted by Crippen LogP contribution is -2.27. The SMILES string of the molecule is CC(C)(C)OC(=O)Nc1cc(CSc2ncccc2C(=O)Nc2cccc(Cl)c2)ccn1. The monoisotopic (exact) mass is 470 g/mol. The maximum Gasteiger partial charge on any atom is 0.413 e. The minimum Gasteiger partial charge on any atom is -0.444 e. The highest BCUT2D eigenvalue weighted by Crippen LogP contribution is 2.26. The van der Waals surface area contributed by atoms with Crippen molar-refractivity contribution in [2.45, 2.75) is 37.2 Å². The van der Waals surface area contributed by atoms with Gasteiger partial charge in [-0.15, -0.1) is 11.8 Å². The molecule has 0 saturated carbocycles. The van der Waals surface area contributed by atoms with Crippen LogP contribution in [0.3, 0.4) is 0 Å². The van der Waals surface area contributed by atoms with Crippen molar-refractivity contribution in [3.05, 3.63) is 77.1 Å². The highest BCUT2D eigenvalue weighted by Gasteiger charge is 2.17. The molecular weight excluding hydrogens is 448 g/mol. The minimum absolute atomic E-state index is 0.273. The number of rotatable bonds is 6. The molecule has 32 heavy (non-hydrogen) atoms. The Morgan fingerprint density at radius 3 is 2.59 bits per heavy atom. The van der Waals surface area contributed by atoms with Crippen LogP contribution in [0.25, 0.3) is 0 Å². The maximum absolute atomic E-state index is 12.8. The van der Waals surface area contributed by atoms with Crippen molar-refractivity contribution in [3.63, 3.8) is 0 Å². The van der Waals surface area contributed by atoms with E-state index in [9.17, 15) is 9.59 Å². The molecule has 2 aromatic heterocycles. The Balaban J connectivity index is 1.66. The van der Waals surface area contributed by atoms with Crippen molar-refractivity contribution in [1.29, 1.82) is 0 Å². The first-order valence-electron chi connectivity index (χ1n) is 9.79. The molecule has 2 N–H and O–H groups in total. The lowest BCUT2D eigenvalue weighted by molar-refractivity contribution is 0.0635. The van der Waals surface area contributed by atoms with Crippen molar-refractivity contribution in [1.82, 2.24) is 9.97 Å². The lowest BCUT2D eigenvalue weighted by atomic mass is 10.2. The molecule has 0 aliphatic heterocycles. The number of carbonyl (C=O) groups is 2. The number of aromatic nitrogens is 2. The minimum atomic E-state index is -0.599. The number of halogens is 1. The van der Waals surface area contributed by atoms with Gasteiger partial charge in [0.1, 0.15) is 16.4 Å². The Labute approximate surface area is 196 Å². The predicted octanol–water partition coefficient (Wildman–Crippen LogP) is 6.02. The maximum atomic E-state index is 12.8. The van der Waals surface area contributed by atoms with Gasteiger partial charge in [0.15, 0.2) is 0 Å². The molecule has 7 nitrogen and oxygen atoms in total. The smallest absolute Gasteiger partial charge is 0.413 e. The molecule has 0 radical (unpaired) electrons. The average Bonchev–Trinajstić information content (AvgIpc) is 2.71. The van der Waals surface area contributed by atoms with Crippen molar-refractivity contribution in [2.75, 3.05) is 10.6 Å². The summed E-state index contributed by atoms with van der Waals surface area (Å²) in [6.45, 7) is 5.38. The first-order chi connectivity index (χ1) is 15.2. The van der Waals surface area contributed by atoms with Crippen molar-refractivity contribution in [3.8, 4) is 0 Å². The van der Waals surface area contributed by atoms with Gasteiger partial charge in [0.05, 0.1) is 5.56 Å². The summed E-state index contributed by atoms with van der Waals surface area (Å²) in [7, 11) is 0. The standard InChI is InChI=1S/C23H23ClN4O3S/c1-23(2,3)31-22(30)28-19-12-15(9-11-25-19)14-32-21-18(8-5-10-26-21)20(29)27-17-7-4-6-16(24)13-17/h4-13H,14H2,1-3H3,(H,27,29)(H,25,28,30). The molecule has 2 heterocycles. The fourth-order valence-electron chi connectivity index (χ4n) is 2.64. The third kappa shape index (κ3) is 7.25. The van der Waals surface area contributed by atoms with Gasteiger partial charge in [-0.2, -0.15) is 0 Å². The van der Waals surface area contributed by atoms with E-state index < -0.39 is 11.7 Å². The second-order valence-corrected chi connectivity index (χ2v) is 9.19. The highest BCUT2D eigenvalue weighted by molar-refractivity contribution is 7.98. The molecule has 2 amide bonds. The molecule has 0 aliphatic rings. The molecule has 166 valence electrons. The summed E-state index contributed by atoms with van der Waals surface area (Å²) in [5.41, 5.74) is 1.37. The molecule has 0 bridgehead atoms. The van der Waals surface area contributed by atoms with E-state index >= 15 is 0 Å². The number of nitrogens with one attached hydrogen (secondary N) is 2. The number of carbonyl (C=O) groups excluding carboxylic acids is 2. The number of hydrogen-bond acceptors (Lipinski definition) is 6. The lowest BCUT2D eigenvalue weighted by Gasteiger charge is -2.19. The Morgan fingerprint density at radius 1 is 1.03 bits per heavy atom. The molecule has 1 aromatic carbocycles. The quantitative estimate of drug-likeness (QED) is 0.428. The van der Waals surface area contributed by atoms with Crippen molar-refractivity contribution in [2.24, 2.45) is 0 Å². The molecule has 3 aromatic rings. The molecule has 0 fully saturated rings. The van der Waals surface area contributed by atoms with Crippen LogP contribution in [0.15, 0.2) is 66.0 Å².